The van der Waals surface area contributed by atoms with Crippen molar-refractivity contribution in [3.05, 3.63) is 59.7 Å². The van der Waals surface area contributed by atoms with Crippen molar-refractivity contribution in [1.82, 2.24) is 4.90 Å². The molecule has 4 rings (SSSR count). The van der Waals surface area contributed by atoms with Crippen LogP contribution in [-0.4, -0.2) is 37.0 Å². The Morgan fingerprint density at radius 1 is 1.00 bits per heavy atom. The zero-order valence-electron chi connectivity index (χ0n) is 19.9. The molecular weight excluding hydrogens is 396 g/mol. The second-order valence-electron chi connectivity index (χ2n) is 10.2. The van der Waals surface area contributed by atoms with Crippen molar-refractivity contribution in [2.75, 3.05) is 31.6 Å². The van der Waals surface area contributed by atoms with E-state index in [0.29, 0.717) is 6.61 Å². The molecule has 1 saturated carbocycles. The van der Waals surface area contributed by atoms with Crippen LogP contribution in [0.25, 0.3) is 0 Å². The maximum atomic E-state index is 13.4. The molecule has 1 amide bonds. The molecule has 32 heavy (non-hydrogen) atoms. The van der Waals surface area contributed by atoms with Gasteiger partial charge in [0.05, 0.1) is 5.41 Å². The first-order valence-electron chi connectivity index (χ1n) is 12.3. The minimum atomic E-state index is -0.411. The summed E-state index contributed by atoms with van der Waals surface area (Å²) in [7, 11) is 0. The third kappa shape index (κ3) is 5.35. The molecule has 4 nitrogen and oxygen atoms in total. The van der Waals surface area contributed by atoms with Crippen LogP contribution in [0, 0.1) is 18.8 Å². The lowest BCUT2D eigenvalue weighted by atomic mass is 9.77. The molecule has 2 atom stereocenters. The smallest absolute Gasteiger partial charge is 0.235 e. The molecule has 1 aliphatic heterocycles. The van der Waals surface area contributed by atoms with Crippen molar-refractivity contribution >= 4 is 11.6 Å². The predicted octanol–water partition coefficient (Wildman–Crippen LogP) is 5.80. The zero-order valence-corrected chi connectivity index (χ0v) is 19.9. The van der Waals surface area contributed by atoms with Crippen LogP contribution in [0.1, 0.15) is 57.1 Å². The number of aryl methyl sites for hydroxylation is 1. The first-order valence-corrected chi connectivity index (χ1v) is 12.3. The molecule has 2 aromatic carbocycles. The second-order valence-corrected chi connectivity index (χ2v) is 10.2. The molecule has 2 fully saturated rings. The van der Waals surface area contributed by atoms with Crippen LogP contribution in [0.15, 0.2) is 48.5 Å². The molecule has 2 unspecified atom stereocenters. The van der Waals surface area contributed by atoms with Gasteiger partial charge in [0, 0.05) is 25.3 Å². The van der Waals surface area contributed by atoms with Gasteiger partial charge in [0.1, 0.15) is 12.4 Å². The maximum absolute atomic E-state index is 13.4. The molecule has 1 saturated heterocycles. The van der Waals surface area contributed by atoms with Crippen molar-refractivity contribution < 1.29 is 9.53 Å². The van der Waals surface area contributed by atoms with Crippen LogP contribution in [0.2, 0.25) is 0 Å². The molecule has 1 N–H and O–H groups in total. The third-order valence-corrected chi connectivity index (χ3v) is 7.23. The molecular formula is C28H38N2O2. The van der Waals surface area contributed by atoms with Gasteiger partial charge >= 0.3 is 0 Å². The van der Waals surface area contributed by atoms with Gasteiger partial charge in [-0.05, 0) is 67.9 Å². The van der Waals surface area contributed by atoms with Crippen LogP contribution in [0.4, 0.5) is 5.69 Å². The number of ether oxygens (including phenoxy) is 1. The number of likely N-dealkylation sites (tertiary alicyclic amines) is 1. The number of hydrogen-bond donors (Lipinski definition) is 1. The zero-order chi connectivity index (χ0) is 22.6. The van der Waals surface area contributed by atoms with Crippen molar-refractivity contribution in [1.29, 1.82) is 0 Å². The van der Waals surface area contributed by atoms with E-state index < -0.39 is 5.41 Å². The van der Waals surface area contributed by atoms with Crippen molar-refractivity contribution in [2.24, 2.45) is 11.8 Å². The maximum Gasteiger partial charge on any atom is 0.235 e. The normalized spacial score (nSPS) is 23.1. The Labute approximate surface area is 193 Å². The van der Waals surface area contributed by atoms with E-state index in [9.17, 15) is 4.79 Å². The van der Waals surface area contributed by atoms with Gasteiger partial charge in [-0.15, -0.1) is 0 Å². The number of piperidine rings is 1. The average Bonchev–Trinajstić information content (AvgIpc) is 3.26. The molecule has 0 spiro atoms. The Morgan fingerprint density at radius 3 is 2.25 bits per heavy atom. The van der Waals surface area contributed by atoms with Gasteiger partial charge in [0.25, 0.3) is 0 Å². The summed E-state index contributed by atoms with van der Waals surface area (Å²) in [5, 5.41) is 3.18. The van der Waals surface area contributed by atoms with Crippen LogP contribution in [0.3, 0.4) is 0 Å². The number of carbonyl (C=O) groups is 1. The quantitative estimate of drug-likeness (QED) is 0.599. The molecule has 1 heterocycles. The first-order chi connectivity index (χ1) is 15.4. The summed E-state index contributed by atoms with van der Waals surface area (Å²) < 4.78 is 5.98. The highest BCUT2D eigenvalue weighted by atomic mass is 16.5. The lowest BCUT2D eigenvalue weighted by Crippen LogP contribution is -2.40. The lowest BCUT2D eigenvalue weighted by molar-refractivity contribution is -0.121. The number of nitrogens with zero attached hydrogens (tertiary/aromatic N) is 1. The van der Waals surface area contributed by atoms with E-state index in [-0.39, 0.29) is 5.91 Å². The van der Waals surface area contributed by atoms with Gasteiger partial charge in [0.2, 0.25) is 5.91 Å². The Morgan fingerprint density at radius 2 is 1.62 bits per heavy atom. The van der Waals surface area contributed by atoms with Crippen molar-refractivity contribution in [2.45, 2.75) is 58.3 Å². The van der Waals surface area contributed by atoms with Gasteiger partial charge in [-0.1, -0.05) is 56.5 Å². The molecule has 2 aliphatic rings. The summed E-state index contributed by atoms with van der Waals surface area (Å²) in [5.74, 6) is 2.51. The van der Waals surface area contributed by atoms with Gasteiger partial charge in [0.15, 0.2) is 0 Å². The van der Waals surface area contributed by atoms with Crippen molar-refractivity contribution in [3.8, 4) is 5.75 Å². The lowest BCUT2D eigenvalue weighted by Gasteiger charge is -2.34. The molecule has 1 aliphatic carbocycles. The minimum Gasteiger partial charge on any atom is -0.492 e. The molecule has 0 bridgehead atoms. The summed E-state index contributed by atoms with van der Waals surface area (Å²) in [6.07, 6.45) is 5.36. The molecule has 0 aromatic heterocycles. The summed E-state index contributed by atoms with van der Waals surface area (Å²) in [5.41, 5.74) is 2.78. The van der Waals surface area contributed by atoms with E-state index in [1.807, 2.05) is 24.3 Å². The number of carbonyl (C=O) groups excluding carboxylic acids is 1. The second kappa shape index (κ2) is 10.1. The van der Waals surface area contributed by atoms with E-state index in [2.05, 4.69) is 55.3 Å². The fourth-order valence-electron chi connectivity index (χ4n) is 5.65. The van der Waals surface area contributed by atoms with E-state index >= 15 is 0 Å². The van der Waals surface area contributed by atoms with Crippen molar-refractivity contribution in [3.63, 3.8) is 0 Å². The van der Waals surface area contributed by atoms with E-state index in [1.54, 1.807) is 0 Å². The number of benzene rings is 2. The largest absolute Gasteiger partial charge is 0.492 e. The molecule has 2 aromatic rings. The van der Waals surface area contributed by atoms with Gasteiger partial charge in [-0.3, -0.25) is 9.69 Å². The first kappa shape index (κ1) is 22.8. The predicted molar refractivity (Wildman–Crippen MR) is 131 cm³/mol. The third-order valence-electron chi connectivity index (χ3n) is 7.23. The van der Waals surface area contributed by atoms with E-state index in [0.717, 1.165) is 61.1 Å². The molecule has 172 valence electrons. The summed E-state index contributed by atoms with van der Waals surface area (Å²) in [6, 6.07) is 16.3. The Kier molecular flexibility index (Phi) is 7.20. The fraction of sp³-hybridized carbons (Fsp3) is 0.536. The topological polar surface area (TPSA) is 41.6 Å². The SMILES string of the molecule is Cc1ccc(C2(C(=O)Nc3ccc(OCCN4CC(C)CC(C)C4)cc3)CCCC2)cc1. The minimum absolute atomic E-state index is 0.112. The molecule has 4 heteroatoms. The van der Waals surface area contributed by atoms with Gasteiger partial charge in [-0.2, -0.15) is 0 Å². The summed E-state index contributed by atoms with van der Waals surface area (Å²) in [4.78, 5) is 15.9. The summed E-state index contributed by atoms with van der Waals surface area (Å²) in [6.45, 7) is 10.8. The number of rotatable bonds is 7. The highest BCUT2D eigenvalue weighted by Gasteiger charge is 2.42. The standard InChI is InChI=1S/C28H38N2O2/c1-21-6-8-24(9-7-21)28(14-4-5-15-28)27(31)29-25-10-12-26(13-11-25)32-17-16-30-19-22(2)18-23(3)20-30/h6-13,22-23H,4-5,14-20H2,1-3H3,(H,29,31). The number of amides is 1. The number of anilines is 1. The van der Waals surface area contributed by atoms with Crippen LogP contribution >= 0.6 is 0 Å². The van der Waals surface area contributed by atoms with E-state index in [4.69, 9.17) is 4.74 Å². The highest BCUT2D eigenvalue weighted by Crippen LogP contribution is 2.42. The Bertz CT molecular complexity index is 875. The fourth-order valence-corrected chi connectivity index (χ4v) is 5.65. The number of nitrogens with one attached hydrogen (secondary N) is 1. The van der Waals surface area contributed by atoms with Crippen LogP contribution in [0.5, 0.6) is 5.75 Å². The van der Waals surface area contributed by atoms with Crippen LogP contribution < -0.4 is 10.1 Å². The highest BCUT2D eigenvalue weighted by molar-refractivity contribution is 5.99. The Balaban J connectivity index is 1.32. The number of hydrogen-bond acceptors (Lipinski definition) is 3. The summed E-state index contributed by atoms with van der Waals surface area (Å²) >= 11 is 0. The van der Waals surface area contributed by atoms with Gasteiger partial charge < -0.3 is 10.1 Å². The molecule has 0 radical (unpaired) electrons. The van der Waals surface area contributed by atoms with Crippen LogP contribution in [-0.2, 0) is 10.2 Å². The monoisotopic (exact) mass is 434 g/mol. The van der Waals surface area contributed by atoms with Gasteiger partial charge in [-0.25, -0.2) is 0 Å². The Hall–Kier alpha value is -2.33. The van der Waals surface area contributed by atoms with E-state index in [1.165, 1.54) is 25.1 Å². The average molecular weight is 435 g/mol.